The second-order valence-corrected chi connectivity index (χ2v) is 23.1. The Hall–Kier alpha value is -6.74. The number of ether oxygens (including phenoxy) is 3. The van der Waals surface area contributed by atoms with Crippen LogP contribution in [-0.4, -0.2) is 28.4 Å². The van der Waals surface area contributed by atoms with Crippen LogP contribution in [-0.2, 0) is 6.42 Å². The summed E-state index contributed by atoms with van der Waals surface area (Å²) in [6.45, 7) is 11.7. The Morgan fingerprint density at radius 2 is 0.911 bits per heavy atom. The molecular weight excluding hydrogens is 981 g/mol. The number of nitrogens with one attached hydrogen (secondary N) is 2. The highest BCUT2D eigenvalue weighted by Crippen LogP contribution is 2.51. The van der Waals surface area contributed by atoms with Gasteiger partial charge in [0.25, 0.3) is 0 Å². The van der Waals surface area contributed by atoms with E-state index in [1.54, 1.807) is 12.1 Å². The predicted molar refractivity (Wildman–Crippen MR) is 321 cm³/mol. The molecule has 1 unspecified atom stereocenters. The third-order valence-corrected chi connectivity index (χ3v) is 17.4. The van der Waals surface area contributed by atoms with Gasteiger partial charge in [-0.3, -0.25) is 9.59 Å². The van der Waals surface area contributed by atoms with Gasteiger partial charge in [0.05, 0.1) is 40.2 Å². The van der Waals surface area contributed by atoms with E-state index in [1.807, 2.05) is 60.7 Å². The standard InChI is InChI=1S/C70H86N2O7/c1-6-11-15-46(10-5)45-77-56-41-35-55(36-42-56)72-60-44-62(79-58-39-31-53(32-40-58)51-27-21-48(22-28-51)17-13-8-3)68(74)66-64(60)70(76)65-63(69(66)75)59(71-54-33-23-49(24-34-54)18-14-9-4)43-61(67(65)73)78-57-37-29-52(30-38-57)50-25-19-47(20-26-50)16-12-7-2/h23-24,29-44,46-48,50-51,71-74H,6-22,25-28,45H2,1-5H3. The summed E-state index contributed by atoms with van der Waals surface area (Å²) in [6, 6.07) is 34.7. The molecule has 3 aliphatic carbocycles. The van der Waals surface area contributed by atoms with Crippen molar-refractivity contribution < 1.29 is 34.0 Å². The molecule has 4 N–H and O–H groups in total. The Balaban J connectivity index is 1.07. The number of fused-ring (bicyclic) bond motifs is 2. The number of hydrogen-bond donors (Lipinski definition) is 4. The lowest BCUT2D eigenvalue weighted by atomic mass is 9.77. The number of ketones is 2. The van der Waals surface area contributed by atoms with E-state index >= 15 is 9.59 Å². The van der Waals surface area contributed by atoms with Crippen LogP contribution < -0.4 is 24.8 Å². The fourth-order valence-electron chi connectivity index (χ4n) is 12.4. The first kappa shape index (κ1) is 57.0. The van der Waals surface area contributed by atoms with Crippen LogP contribution in [0.5, 0.6) is 40.2 Å². The number of hydrogen-bond acceptors (Lipinski definition) is 9. The van der Waals surface area contributed by atoms with E-state index in [0.29, 0.717) is 47.2 Å². The molecule has 0 spiro atoms. The minimum atomic E-state index is -0.661. The van der Waals surface area contributed by atoms with Gasteiger partial charge in [0.1, 0.15) is 17.2 Å². The summed E-state index contributed by atoms with van der Waals surface area (Å²) in [7, 11) is 0. The molecule has 418 valence electrons. The minimum Gasteiger partial charge on any atom is -0.504 e. The molecule has 2 fully saturated rings. The number of phenolic OH excluding ortho intramolecular Hbond substituents is 2. The summed E-state index contributed by atoms with van der Waals surface area (Å²) in [6.07, 6.45) is 24.8. The van der Waals surface area contributed by atoms with Gasteiger partial charge >= 0.3 is 0 Å². The van der Waals surface area contributed by atoms with E-state index in [4.69, 9.17) is 14.2 Å². The van der Waals surface area contributed by atoms with Crippen LogP contribution in [0.1, 0.15) is 223 Å². The maximum absolute atomic E-state index is 15.5. The van der Waals surface area contributed by atoms with Crippen molar-refractivity contribution in [2.24, 2.45) is 17.8 Å². The average Bonchev–Trinajstić information content (AvgIpc) is 3.63. The number of phenols is 2. The minimum absolute atomic E-state index is 0.00186. The second-order valence-electron chi connectivity index (χ2n) is 23.1. The molecule has 0 bridgehead atoms. The van der Waals surface area contributed by atoms with Crippen molar-refractivity contribution in [1.29, 1.82) is 0 Å². The van der Waals surface area contributed by atoms with Gasteiger partial charge in [-0.25, -0.2) is 0 Å². The number of benzene rings is 6. The Morgan fingerprint density at radius 1 is 0.494 bits per heavy atom. The molecule has 0 aromatic heterocycles. The van der Waals surface area contributed by atoms with E-state index in [1.165, 1.54) is 80.9 Å². The number of aryl methyl sites for hydroxylation is 1. The van der Waals surface area contributed by atoms with Gasteiger partial charge in [0, 0.05) is 23.5 Å². The first-order chi connectivity index (χ1) is 38.6. The molecule has 3 aliphatic rings. The number of rotatable bonds is 26. The molecule has 0 amide bonds. The van der Waals surface area contributed by atoms with E-state index in [2.05, 4.69) is 81.7 Å². The van der Waals surface area contributed by atoms with Crippen molar-refractivity contribution in [3.8, 4) is 40.2 Å². The summed E-state index contributed by atoms with van der Waals surface area (Å²) in [5.74, 6) is 2.47. The van der Waals surface area contributed by atoms with Crippen LogP contribution in [0, 0.1) is 17.8 Å². The van der Waals surface area contributed by atoms with Gasteiger partial charge < -0.3 is 35.1 Å². The normalized spacial score (nSPS) is 18.3. The Labute approximate surface area is 470 Å². The van der Waals surface area contributed by atoms with E-state index in [0.717, 1.165) is 88.2 Å². The molecule has 6 aromatic carbocycles. The molecule has 9 nitrogen and oxygen atoms in total. The van der Waals surface area contributed by atoms with Crippen molar-refractivity contribution >= 4 is 34.3 Å². The largest absolute Gasteiger partial charge is 0.504 e. The number of unbranched alkanes of at least 4 members (excludes halogenated alkanes) is 4. The summed E-state index contributed by atoms with van der Waals surface area (Å²) in [5, 5.41) is 31.6. The van der Waals surface area contributed by atoms with Crippen LogP contribution >= 0.6 is 0 Å². The molecule has 0 heterocycles. The van der Waals surface area contributed by atoms with Crippen LogP contribution in [0.25, 0.3) is 0 Å². The first-order valence-corrected chi connectivity index (χ1v) is 30.4. The first-order valence-electron chi connectivity index (χ1n) is 30.4. The zero-order chi connectivity index (χ0) is 55.3. The maximum Gasteiger partial charge on any atom is 0.200 e. The Kier molecular flexibility index (Phi) is 19.8. The van der Waals surface area contributed by atoms with Crippen LogP contribution in [0.15, 0.2) is 109 Å². The lowest BCUT2D eigenvalue weighted by Crippen LogP contribution is -2.24. The third kappa shape index (κ3) is 14.0. The van der Waals surface area contributed by atoms with Crippen LogP contribution in [0.2, 0.25) is 0 Å². The zero-order valence-corrected chi connectivity index (χ0v) is 47.8. The summed E-state index contributed by atoms with van der Waals surface area (Å²) >= 11 is 0. The lowest BCUT2D eigenvalue weighted by molar-refractivity contribution is 0.0974. The molecule has 0 aliphatic heterocycles. The summed E-state index contributed by atoms with van der Waals surface area (Å²) in [5.41, 5.74) is 4.84. The second kappa shape index (κ2) is 27.4. The smallest absolute Gasteiger partial charge is 0.200 e. The quantitative estimate of drug-likeness (QED) is 0.0392. The van der Waals surface area contributed by atoms with Crippen molar-refractivity contribution in [3.05, 3.63) is 148 Å². The van der Waals surface area contributed by atoms with Gasteiger partial charge in [0.15, 0.2) is 23.0 Å². The molecule has 9 heteroatoms. The number of aromatic hydroxyl groups is 2. The van der Waals surface area contributed by atoms with Gasteiger partial charge in [-0.15, -0.1) is 0 Å². The summed E-state index contributed by atoms with van der Waals surface area (Å²) < 4.78 is 19.3. The number of carbonyl (C=O) groups is 2. The third-order valence-electron chi connectivity index (χ3n) is 17.4. The van der Waals surface area contributed by atoms with Crippen LogP contribution in [0.3, 0.4) is 0 Å². The fourth-order valence-corrected chi connectivity index (χ4v) is 12.4. The fraction of sp³-hybridized carbons (Fsp3) is 0.457. The summed E-state index contributed by atoms with van der Waals surface area (Å²) in [4.78, 5) is 31.0. The van der Waals surface area contributed by atoms with Gasteiger partial charge in [0.2, 0.25) is 11.6 Å². The van der Waals surface area contributed by atoms with Crippen molar-refractivity contribution in [3.63, 3.8) is 0 Å². The van der Waals surface area contributed by atoms with Crippen LogP contribution in [0.4, 0.5) is 22.7 Å². The monoisotopic (exact) mass is 1070 g/mol. The highest BCUT2D eigenvalue weighted by Gasteiger charge is 2.41. The van der Waals surface area contributed by atoms with E-state index < -0.39 is 23.1 Å². The SMILES string of the molecule is CCCCc1ccc(Nc2cc(Oc3ccc(C4CCC(CCCC)CC4)cc3)c(O)c3c2C(=O)c2c(O)c(Oc4ccc(C5CCC(CCCC)CC5)cc4)cc(Nc4ccc(OCC(CC)CCCC)cc4)c2C3=O)cc1. The highest BCUT2D eigenvalue weighted by atomic mass is 16.5. The molecule has 79 heavy (non-hydrogen) atoms. The molecule has 1 atom stereocenters. The molecule has 9 rings (SSSR count). The molecule has 6 aromatic rings. The Bertz CT molecular complexity index is 2950. The number of anilines is 4. The number of carbonyl (C=O) groups excluding carboxylic acids is 2. The molecule has 0 radical (unpaired) electrons. The van der Waals surface area contributed by atoms with Crippen molar-refractivity contribution in [2.45, 2.75) is 181 Å². The maximum atomic E-state index is 15.5. The van der Waals surface area contributed by atoms with Gasteiger partial charge in [-0.1, -0.05) is 135 Å². The van der Waals surface area contributed by atoms with Crippen molar-refractivity contribution in [1.82, 2.24) is 0 Å². The molecule has 2 saturated carbocycles. The van der Waals surface area contributed by atoms with E-state index in [-0.39, 0.29) is 45.1 Å². The van der Waals surface area contributed by atoms with Gasteiger partial charge in [-0.2, -0.15) is 0 Å². The molecular formula is C70H86N2O7. The molecule has 0 saturated heterocycles. The zero-order valence-electron chi connectivity index (χ0n) is 47.8. The average molecular weight is 1070 g/mol. The predicted octanol–water partition coefficient (Wildman–Crippen LogP) is 19.8. The van der Waals surface area contributed by atoms with Gasteiger partial charge in [-0.05, 0) is 178 Å². The topological polar surface area (TPSA) is 126 Å². The Morgan fingerprint density at radius 3 is 1.33 bits per heavy atom. The lowest BCUT2D eigenvalue weighted by Gasteiger charge is -2.29. The van der Waals surface area contributed by atoms with Crippen molar-refractivity contribution in [2.75, 3.05) is 17.2 Å². The van der Waals surface area contributed by atoms with E-state index in [9.17, 15) is 10.2 Å². The highest BCUT2D eigenvalue weighted by molar-refractivity contribution is 6.34.